The Bertz CT molecular complexity index is 1360. The average Bonchev–Trinajstić information content (AvgIpc) is 3.39. The maximum Gasteiger partial charge on any atom is 0.220 e. The Balaban J connectivity index is 1.37. The van der Waals surface area contributed by atoms with Gasteiger partial charge >= 0.3 is 0 Å². The van der Waals surface area contributed by atoms with Crippen molar-refractivity contribution in [2.45, 2.75) is 62.8 Å². The summed E-state index contributed by atoms with van der Waals surface area (Å²) in [5, 5.41) is 13.8. The first-order chi connectivity index (χ1) is 18.4. The van der Waals surface area contributed by atoms with Crippen molar-refractivity contribution in [3.8, 4) is 29.4 Å². The molecule has 3 aliphatic rings. The highest BCUT2D eigenvalue weighted by Gasteiger charge is 2.62. The minimum atomic E-state index is -1.14. The normalized spacial score (nSPS) is 27.7. The molecule has 38 heavy (non-hydrogen) atoms. The summed E-state index contributed by atoms with van der Waals surface area (Å²) in [4.78, 5) is 12.3. The minimum Gasteiger partial charge on any atom is -0.474 e. The second kappa shape index (κ2) is 10.9. The summed E-state index contributed by atoms with van der Waals surface area (Å²) in [7, 11) is 0. The lowest BCUT2D eigenvalue weighted by molar-refractivity contribution is -0.166. The van der Waals surface area contributed by atoms with Crippen LogP contribution < -0.4 is 10.1 Å². The summed E-state index contributed by atoms with van der Waals surface area (Å²) in [5.41, 5.74) is 1.22. The van der Waals surface area contributed by atoms with E-state index in [2.05, 4.69) is 29.0 Å². The average molecular weight is 510 g/mol. The summed E-state index contributed by atoms with van der Waals surface area (Å²) in [6.45, 7) is 3.97. The molecule has 0 bridgehead atoms. The number of para-hydroxylation sites is 1. The lowest BCUT2D eigenvalue weighted by Gasteiger charge is -2.34. The van der Waals surface area contributed by atoms with Gasteiger partial charge in [-0.3, -0.25) is 4.79 Å². The zero-order valence-corrected chi connectivity index (χ0v) is 21.6. The first-order valence-electron chi connectivity index (χ1n) is 12.9. The van der Waals surface area contributed by atoms with Crippen LogP contribution in [0.15, 0.2) is 84.0 Å². The maximum absolute atomic E-state index is 12.3. The molecule has 1 aliphatic heterocycles. The number of hydrogen-bond donors (Lipinski definition) is 2. The molecule has 0 radical (unpaired) electrons. The van der Waals surface area contributed by atoms with E-state index < -0.39 is 23.6 Å². The number of nitrogens with one attached hydrogen (secondary N) is 1. The molecule has 5 rings (SSSR count). The van der Waals surface area contributed by atoms with Crippen molar-refractivity contribution in [2.75, 3.05) is 6.54 Å². The van der Waals surface area contributed by atoms with E-state index in [0.29, 0.717) is 30.6 Å². The van der Waals surface area contributed by atoms with Gasteiger partial charge in [0, 0.05) is 24.1 Å². The molecule has 2 N–H and O–H groups in total. The number of ether oxygens (including phenoxy) is 3. The fourth-order valence-corrected chi connectivity index (χ4v) is 5.00. The minimum absolute atomic E-state index is 0.0716. The highest BCUT2D eigenvalue weighted by atomic mass is 16.8. The smallest absolute Gasteiger partial charge is 0.220 e. The lowest BCUT2D eigenvalue weighted by Crippen LogP contribution is -2.52. The van der Waals surface area contributed by atoms with Crippen LogP contribution in [0.1, 0.15) is 32.3 Å². The first-order valence-corrected chi connectivity index (χ1v) is 12.9. The molecule has 4 atom stereocenters. The van der Waals surface area contributed by atoms with Gasteiger partial charge in [-0.25, -0.2) is 0 Å². The van der Waals surface area contributed by atoms with Crippen LogP contribution in [0.5, 0.6) is 5.75 Å². The van der Waals surface area contributed by atoms with E-state index in [4.69, 9.17) is 14.2 Å². The fraction of sp³-hybridized carbons (Fsp3) is 0.344. The van der Waals surface area contributed by atoms with Crippen LogP contribution in [0, 0.1) is 23.7 Å². The molecule has 1 heterocycles. The third kappa shape index (κ3) is 5.54. The highest BCUT2D eigenvalue weighted by Crippen LogP contribution is 2.49. The van der Waals surface area contributed by atoms with Crippen LogP contribution in [-0.4, -0.2) is 47.3 Å². The first kappa shape index (κ1) is 25.8. The van der Waals surface area contributed by atoms with Gasteiger partial charge < -0.3 is 24.6 Å². The van der Waals surface area contributed by atoms with Crippen LogP contribution in [0.2, 0.25) is 0 Å². The predicted octanol–water partition coefficient (Wildman–Crippen LogP) is 3.71. The van der Waals surface area contributed by atoms with Gasteiger partial charge in [0.2, 0.25) is 5.91 Å². The zero-order chi connectivity index (χ0) is 26.6. The van der Waals surface area contributed by atoms with Gasteiger partial charge in [-0.2, -0.15) is 0 Å². The van der Waals surface area contributed by atoms with Crippen molar-refractivity contribution in [3.63, 3.8) is 0 Å². The van der Waals surface area contributed by atoms with E-state index in [1.807, 2.05) is 80.6 Å². The Morgan fingerprint density at radius 1 is 1.11 bits per heavy atom. The van der Waals surface area contributed by atoms with Crippen LogP contribution in [0.4, 0.5) is 0 Å². The van der Waals surface area contributed by atoms with Gasteiger partial charge in [0.05, 0.1) is 0 Å². The molecule has 194 valence electrons. The van der Waals surface area contributed by atoms with Gasteiger partial charge in [-0.05, 0) is 44.4 Å². The topological polar surface area (TPSA) is 77.0 Å². The molecule has 1 spiro atoms. The second-order valence-electron chi connectivity index (χ2n) is 9.96. The Kier molecular flexibility index (Phi) is 7.40. The highest BCUT2D eigenvalue weighted by molar-refractivity contribution is 5.76. The standard InChI is InChI=1S/C32H31NO5/c1-31(2)37-29-18-16-25-15-14-24(21-22-33-30(35)20-13-23-9-5-3-6-10-23)27(34)17-19-28(32(25,29)38-31)36-26-11-7-4-8-12-26/h3-12,16,21,27-29,34H,13,18,20,22H2,1-2H3,(H,33,35)/b24-21+/t27-,28-,29-,32-/m1/s1. The van der Waals surface area contributed by atoms with E-state index >= 15 is 0 Å². The third-order valence-electron chi connectivity index (χ3n) is 6.75. The van der Waals surface area contributed by atoms with Crippen LogP contribution >= 0.6 is 0 Å². The Morgan fingerprint density at radius 2 is 1.84 bits per heavy atom. The number of aryl methyl sites for hydroxylation is 1. The van der Waals surface area contributed by atoms with Gasteiger partial charge in [-0.15, -0.1) is 0 Å². The van der Waals surface area contributed by atoms with E-state index in [1.165, 1.54) is 0 Å². The molecule has 0 aromatic heterocycles. The number of benzene rings is 2. The van der Waals surface area contributed by atoms with Crippen molar-refractivity contribution in [2.24, 2.45) is 0 Å². The maximum atomic E-state index is 12.3. The quantitative estimate of drug-likeness (QED) is 0.557. The van der Waals surface area contributed by atoms with Crippen molar-refractivity contribution in [1.82, 2.24) is 5.32 Å². The van der Waals surface area contributed by atoms with Gasteiger partial charge in [-0.1, -0.05) is 84.4 Å². The van der Waals surface area contributed by atoms with E-state index in [9.17, 15) is 9.90 Å². The Hall–Kier alpha value is -3.81. The summed E-state index contributed by atoms with van der Waals surface area (Å²) in [6.07, 6.45) is 3.14. The van der Waals surface area contributed by atoms with Crippen LogP contribution in [0.25, 0.3) is 0 Å². The SMILES string of the molecule is CC1(C)O[C@@H]2CC=C3C#C/C(=C\CNC(=O)CCc4ccccc4)[C@H](O)C#C[C@@H](Oc4ccccc4)[C@]32O1. The summed E-state index contributed by atoms with van der Waals surface area (Å²) < 4.78 is 19.1. The summed E-state index contributed by atoms with van der Waals surface area (Å²) in [5.74, 6) is 12.0. The predicted molar refractivity (Wildman–Crippen MR) is 144 cm³/mol. The lowest BCUT2D eigenvalue weighted by atomic mass is 9.87. The third-order valence-corrected chi connectivity index (χ3v) is 6.75. The van der Waals surface area contributed by atoms with E-state index in [1.54, 1.807) is 6.08 Å². The summed E-state index contributed by atoms with van der Waals surface area (Å²) >= 11 is 0. The number of carbonyl (C=O) groups excluding carboxylic acids is 1. The number of hydrogen-bond acceptors (Lipinski definition) is 5. The van der Waals surface area contributed by atoms with Crippen molar-refractivity contribution < 1.29 is 24.1 Å². The van der Waals surface area contributed by atoms with Crippen molar-refractivity contribution in [3.05, 3.63) is 89.5 Å². The Morgan fingerprint density at radius 3 is 2.61 bits per heavy atom. The molecule has 1 saturated heterocycles. The zero-order valence-electron chi connectivity index (χ0n) is 21.6. The summed E-state index contributed by atoms with van der Waals surface area (Å²) in [6, 6.07) is 19.3. The monoisotopic (exact) mass is 509 g/mol. The second-order valence-corrected chi connectivity index (χ2v) is 9.96. The van der Waals surface area contributed by atoms with Gasteiger partial charge in [0.15, 0.2) is 17.5 Å². The number of amides is 1. The fourth-order valence-electron chi connectivity index (χ4n) is 5.00. The van der Waals surface area contributed by atoms with Crippen LogP contribution in [0.3, 0.4) is 0 Å². The van der Waals surface area contributed by atoms with Crippen molar-refractivity contribution >= 4 is 5.91 Å². The molecule has 0 saturated carbocycles. The molecule has 2 aromatic rings. The molecule has 6 nitrogen and oxygen atoms in total. The molecule has 6 heteroatoms. The van der Waals surface area contributed by atoms with E-state index in [0.717, 1.165) is 11.1 Å². The molecule has 2 aromatic carbocycles. The number of carbonyl (C=O) groups is 1. The van der Waals surface area contributed by atoms with Gasteiger partial charge in [0.25, 0.3) is 0 Å². The molecule has 0 unspecified atom stereocenters. The molecular weight excluding hydrogens is 478 g/mol. The van der Waals surface area contributed by atoms with Crippen molar-refractivity contribution in [1.29, 1.82) is 0 Å². The van der Waals surface area contributed by atoms with Gasteiger partial charge in [0.1, 0.15) is 18.0 Å². The molecular formula is C32H31NO5. The van der Waals surface area contributed by atoms with E-state index in [-0.39, 0.29) is 18.6 Å². The number of aliphatic hydroxyl groups is 1. The number of aliphatic hydroxyl groups excluding tert-OH is 1. The molecule has 2 aliphatic carbocycles. The number of rotatable bonds is 7. The van der Waals surface area contributed by atoms with Crippen LogP contribution in [-0.2, 0) is 20.7 Å². The molecule has 1 fully saturated rings. The largest absolute Gasteiger partial charge is 0.474 e. The Labute approximate surface area is 223 Å². The molecule has 1 amide bonds.